The normalized spacial score (nSPS) is 26.9. The van der Waals surface area contributed by atoms with Gasteiger partial charge >= 0.3 is 0 Å². The molecule has 0 aromatic heterocycles. The molecule has 1 aliphatic heterocycles. The van der Waals surface area contributed by atoms with E-state index in [1.54, 1.807) is 0 Å². The average Bonchev–Trinajstić information content (AvgIpc) is 2.30. The summed E-state index contributed by atoms with van der Waals surface area (Å²) in [5, 5.41) is 0. The first-order valence-corrected chi connectivity index (χ1v) is 6.12. The van der Waals surface area contributed by atoms with E-state index < -0.39 is 0 Å². The van der Waals surface area contributed by atoms with Crippen molar-refractivity contribution in [3.8, 4) is 0 Å². The molecule has 0 aliphatic carbocycles. The summed E-state index contributed by atoms with van der Waals surface area (Å²) in [5.74, 6) is 0. The van der Waals surface area contributed by atoms with Crippen LogP contribution in [-0.4, -0.2) is 30.2 Å². The fourth-order valence-electron chi connectivity index (χ4n) is 2.21. The van der Waals surface area contributed by atoms with Crippen molar-refractivity contribution in [3.63, 3.8) is 0 Å². The van der Waals surface area contributed by atoms with Crippen molar-refractivity contribution in [3.05, 3.63) is 35.9 Å². The summed E-state index contributed by atoms with van der Waals surface area (Å²) in [5.41, 5.74) is 1.44. The summed E-state index contributed by atoms with van der Waals surface area (Å²) in [6, 6.07) is 10.7. The van der Waals surface area contributed by atoms with Gasteiger partial charge in [0.1, 0.15) is 0 Å². The van der Waals surface area contributed by atoms with Crippen LogP contribution in [0.1, 0.15) is 25.8 Å². The molecular formula is C14H21NO. The molecule has 1 atom stereocenters. The Hall–Kier alpha value is -0.860. The Labute approximate surface area is 98.2 Å². The van der Waals surface area contributed by atoms with E-state index in [0.29, 0.717) is 0 Å². The number of rotatable bonds is 3. The van der Waals surface area contributed by atoms with Crippen LogP contribution in [0.4, 0.5) is 0 Å². The van der Waals surface area contributed by atoms with Crippen LogP contribution >= 0.6 is 0 Å². The summed E-state index contributed by atoms with van der Waals surface area (Å²) in [7, 11) is 0. The summed E-state index contributed by atoms with van der Waals surface area (Å²) in [6.07, 6.45) is 1.08. The maximum absolute atomic E-state index is 5.84. The number of hydrogen-bond acceptors (Lipinski definition) is 2. The highest BCUT2D eigenvalue weighted by Gasteiger charge is 2.29. The van der Waals surface area contributed by atoms with Crippen molar-refractivity contribution in [2.45, 2.75) is 32.4 Å². The van der Waals surface area contributed by atoms with E-state index in [1.807, 2.05) is 0 Å². The monoisotopic (exact) mass is 219 g/mol. The highest BCUT2D eigenvalue weighted by molar-refractivity contribution is 5.14. The Morgan fingerprint density at radius 3 is 2.75 bits per heavy atom. The highest BCUT2D eigenvalue weighted by atomic mass is 16.5. The second-order valence-electron chi connectivity index (χ2n) is 4.85. The molecule has 2 rings (SSSR count). The number of benzene rings is 1. The van der Waals surface area contributed by atoms with E-state index in [1.165, 1.54) is 5.56 Å². The average molecular weight is 219 g/mol. The zero-order chi connectivity index (χ0) is 11.4. The fraction of sp³-hybridized carbons (Fsp3) is 0.571. The van der Waals surface area contributed by atoms with E-state index in [0.717, 1.165) is 32.7 Å². The van der Waals surface area contributed by atoms with E-state index in [4.69, 9.17) is 4.74 Å². The van der Waals surface area contributed by atoms with E-state index in [9.17, 15) is 0 Å². The quantitative estimate of drug-likeness (QED) is 0.775. The molecule has 2 heteroatoms. The predicted molar refractivity (Wildman–Crippen MR) is 66.4 cm³/mol. The molecule has 1 aromatic carbocycles. The third-order valence-electron chi connectivity index (χ3n) is 3.41. The summed E-state index contributed by atoms with van der Waals surface area (Å²) in [4.78, 5) is 2.49. The van der Waals surface area contributed by atoms with Crippen LogP contribution in [0.2, 0.25) is 0 Å². The van der Waals surface area contributed by atoms with Gasteiger partial charge in [0.15, 0.2) is 0 Å². The molecule has 1 saturated heterocycles. The fourth-order valence-corrected chi connectivity index (χ4v) is 2.21. The molecule has 0 saturated carbocycles. The van der Waals surface area contributed by atoms with Crippen molar-refractivity contribution in [2.75, 3.05) is 19.7 Å². The molecule has 2 nitrogen and oxygen atoms in total. The van der Waals surface area contributed by atoms with Gasteiger partial charge < -0.3 is 4.74 Å². The largest absolute Gasteiger partial charge is 0.373 e. The molecule has 0 bridgehead atoms. The lowest BCUT2D eigenvalue weighted by atomic mass is 10.0. The van der Waals surface area contributed by atoms with E-state index in [-0.39, 0.29) is 5.60 Å². The summed E-state index contributed by atoms with van der Waals surface area (Å²) < 4.78 is 5.84. The number of nitrogens with zero attached hydrogens (tertiary/aromatic N) is 1. The molecule has 16 heavy (non-hydrogen) atoms. The molecule has 1 aromatic rings. The third-order valence-corrected chi connectivity index (χ3v) is 3.41. The van der Waals surface area contributed by atoms with Crippen molar-refractivity contribution >= 4 is 0 Å². The molecule has 0 radical (unpaired) electrons. The molecule has 0 N–H and O–H groups in total. The Kier molecular flexibility index (Phi) is 3.62. The van der Waals surface area contributed by atoms with Crippen LogP contribution in [0.3, 0.4) is 0 Å². The van der Waals surface area contributed by atoms with Gasteiger partial charge in [0.25, 0.3) is 0 Å². The van der Waals surface area contributed by atoms with Crippen molar-refractivity contribution in [1.82, 2.24) is 4.90 Å². The predicted octanol–water partition coefficient (Wildman–Crippen LogP) is 2.69. The lowest BCUT2D eigenvalue weighted by Crippen LogP contribution is -2.49. The summed E-state index contributed by atoms with van der Waals surface area (Å²) in [6.45, 7) is 8.40. The molecule has 0 amide bonds. The van der Waals surface area contributed by atoms with Gasteiger partial charge in [-0.1, -0.05) is 37.3 Å². The van der Waals surface area contributed by atoms with Crippen molar-refractivity contribution in [1.29, 1.82) is 0 Å². The first-order chi connectivity index (χ1) is 7.72. The number of ether oxygens (including phenoxy) is 1. The van der Waals surface area contributed by atoms with Gasteiger partial charge in [0, 0.05) is 19.6 Å². The Morgan fingerprint density at radius 2 is 2.06 bits per heavy atom. The maximum atomic E-state index is 5.84. The Balaban J connectivity index is 1.96. The van der Waals surface area contributed by atoms with E-state index >= 15 is 0 Å². The molecule has 1 fully saturated rings. The van der Waals surface area contributed by atoms with Gasteiger partial charge in [-0.05, 0) is 18.9 Å². The molecule has 1 aliphatic rings. The van der Waals surface area contributed by atoms with E-state index in [2.05, 4.69) is 49.1 Å². The van der Waals surface area contributed by atoms with Gasteiger partial charge in [-0.15, -0.1) is 0 Å². The lowest BCUT2D eigenvalue weighted by molar-refractivity contribution is -0.101. The van der Waals surface area contributed by atoms with Gasteiger partial charge in [0.05, 0.1) is 12.2 Å². The van der Waals surface area contributed by atoms with Crippen LogP contribution in [0.25, 0.3) is 0 Å². The van der Waals surface area contributed by atoms with Crippen molar-refractivity contribution in [2.24, 2.45) is 0 Å². The lowest BCUT2D eigenvalue weighted by Gasteiger charge is -2.40. The molecule has 1 heterocycles. The highest BCUT2D eigenvalue weighted by Crippen LogP contribution is 2.22. The Bertz CT molecular complexity index is 325. The zero-order valence-corrected chi connectivity index (χ0v) is 10.3. The van der Waals surface area contributed by atoms with Crippen molar-refractivity contribution < 1.29 is 4.74 Å². The van der Waals surface area contributed by atoms with Gasteiger partial charge in [-0.3, -0.25) is 4.90 Å². The van der Waals surface area contributed by atoms with Gasteiger partial charge in [-0.2, -0.15) is 0 Å². The van der Waals surface area contributed by atoms with Gasteiger partial charge in [0.2, 0.25) is 0 Å². The number of hydrogen-bond donors (Lipinski definition) is 0. The van der Waals surface area contributed by atoms with Crippen LogP contribution in [0.15, 0.2) is 30.3 Å². The molecule has 88 valence electrons. The minimum absolute atomic E-state index is 0.0486. The second-order valence-corrected chi connectivity index (χ2v) is 4.85. The topological polar surface area (TPSA) is 12.5 Å². The molecular weight excluding hydrogens is 198 g/mol. The SMILES string of the molecule is CCC1(C)CN(Cc2ccccc2)CCO1. The minimum Gasteiger partial charge on any atom is -0.373 e. The minimum atomic E-state index is 0.0486. The zero-order valence-electron chi connectivity index (χ0n) is 10.3. The first kappa shape index (κ1) is 11.6. The van der Waals surface area contributed by atoms with Gasteiger partial charge in [-0.25, -0.2) is 0 Å². The summed E-state index contributed by atoms with van der Waals surface area (Å²) >= 11 is 0. The molecule has 0 spiro atoms. The maximum Gasteiger partial charge on any atom is 0.0779 e. The van der Waals surface area contributed by atoms with Crippen LogP contribution in [-0.2, 0) is 11.3 Å². The third kappa shape index (κ3) is 2.83. The second kappa shape index (κ2) is 4.98. The Morgan fingerprint density at radius 1 is 1.31 bits per heavy atom. The first-order valence-electron chi connectivity index (χ1n) is 6.12. The van der Waals surface area contributed by atoms with Crippen LogP contribution in [0.5, 0.6) is 0 Å². The smallest absolute Gasteiger partial charge is 0.0779 e. The standard InChI is InChI=1S/C14H21NO/c1-3-14(2)12-15(9-10-16-14)11-13-7-5-4-6-8-13/h4-8H,3,9-12H2,1-2H3. The van der Waals surface area contributed by atoms with Crippen LogP contribution in [0, 0.1) is 0 Å². The van der Waals surface area contributed by atoms with Crippen LogP contribution < -0.4 is 0 Å². The number of morpholine rings is 1. The molecule has 1 unspecified atom stereocenters.